The fourth-order valence-electron chi connectivity index (χ4n) is 6.18. The van der Waals surface area contributed by atoms with Gasteiger partial charge in [0.2, 0.25) is 11.7 Å². The maximum Gasteiger partial charge on any atom is 0.418 e. The molecule has 0 saturated carbocycles. The predicted octanol–water partition coefficient (Wildman–Crippen LogP) is 7.50. The number of rotatable bonds is 16. The zero-order valence-corrected chi connectivity index (χ0v) is 31.5. The first-order valence-corrected chi connectivity index (χ1v) is 17.9. The molecule has 12 nitrogen and oxygen atoms in total. The minimum atomic E-state index is -0.714. The summed E-state index contributed by atoms with van der Waals surface area (Å²) in [6.07, 6.45) is 4.70. The Bertz CT molecular complexity index is 1810. The van der Waals surface area contributed by atoms with E-state index in [2.05, 4.69) is 70.4 Å². The Balaban J connectivity index is 1.31. The van der Waals surface area contributed by atoms with Crippen molar-refractivity contribution in [2.45, 2.75) is 46.5 Å². The molecule has 0 atom stereocenters. The molecule has 1 aliphatic heterocycles. The number of nitrogens with one attached hydrogen (secondary N) is 2. The van der Waals surface area contributed by atoms with Crippen LogP contribution in [0.5, 0.6) is 28.7 Å². The van der Waals surface area contributed by atoms with Gasteiger partial charge >= 0.3 is 6.09 Å². The van der Waals surface area contributed by atoms with Crippen molar-refractivity contribution in [3.63, 3.8) is 0 Å². The average Bonchev–Trinajstić information content (AvgIpc) is 3.14. The molecule has 12 heteroatoms. The summed E-state index contributed by atoms with van der Waals surface area (Å²) in [5.74, 6) is 2.85. The molecular weight excluding hydrogens is 660 g/mol. The number of hydrogen-bond acceptors (Lipinski definition) is 11. The number of anilines is 3. The van der Waals surface area contributed by atoms with Crippen molar-refractivity contribution in [1.29, 1.82) is 0 Å². The summed E-state index contributed by atoms with van der Waals surface area (Å²) < 4.78 is 29.2. The van der Waals surface area contributed by atoms with Crippen LogP contribution in [0, 0.1) is 13.8 Å². The molecule has 0 aliphatic carbocycles. The fourth-order valence-corrected chi connectivity index (χ4v) is 6.18. The van der Waals surface area contributed by atoms with Crippen molar-refractivity contribution in [2.24, 2.45) is 0 Å². The third-order valence-electron chi connectivity index (χ3n) is 9.30. The maximum atomic E-state index is 13.4. The highest BCUT2D eigenvalue weighted by Gasteiger charge is 2.21. The molecule has 4 aromatic rings. The molecule has 1 aliphatic rings. The van der Waals surface area contributed by atoms with Crippen LogP contribution in [0.1, 0.15) is 42.9 Å². The quantitative estimate of drug-likeness (QED) is 0.112. The molecule has 1 aromatic heterocycles. The molecular formula is C40H52N6O6. The Morgan fingerprint density at radius 1 is 0.865 bits per heavy atom. The molecule has 0 unspecified atom stereocenters. The number of aryl methyl sites for hydroxylation is 2. The molecule has 1 amide bonds. The number of aromatic nitrogens is 2. The molecule has 5 rings (SSSR count). The summed E-state index contributed by atoms with van der Waals surface area (Å²) in [6, 6.07) is 15.3. The van der Waals surface area contributed by atoms with E-state index in [0.717, 1.165) is 86.2 Å². The largest absolute Gasteiger partial charge is 0.493 e. The second kappa shape index (κ2) is 18.4. The zero-order valence-electron chi connectivity index (χ0n) is 31.5. The number of ether oxygens (including phenoxy) is 5. The molecule has 0 bridgehead atoms. The van der Waals surface area contributed by atoms with Gasteiger partial charge in [-0.05, 0) is 80.6 Å². The number of piperazine rings is 1. The topological polar surface area (TPSA) is 120 Å². The molecule has 1 saturated heterocycles. The normalized spacial score (nSPS) is 13.4. The average molecular weight is 713 g/mol. The highest BCUT2D eigenvalue weighted by Crippen LogP contribution is 2.43. The smallest absolute Gasteiger partial charge is 0.418 e. The fraction of sp³-hybridized carbons (Fsp3) is 0.425. The minimum Gasteiger partial charge on any atom is -0.493 e. The number of unbranched alkanes of at least 4 members (excludes halogenated alkanes) is 1. The van der Waals surface area contributed by atoms with Crippen LogP contribution in [0.15, 0.2) is 54.7 Å². The van der Waals surface area contributed by atoms with Crippen molar-refractivity contribution in [2.75, 3.05) is 78.3 Å². The lowest BCUT2D eigenvalue weighted by molar-refractivity contribution is 0.145. The van der Waals surface area contributed by atoms with Crippen molar-refractivity contribution in [3.8, 4) is 39.9 Å². The monoisotopic (exact) mass is 712 g/mol. The second-order valence-electron chi connectivity index (χ2n) is 13.0. The van der Waals surface area contributed by atoms with Gasteiger partial charge < -0.3 is 38.8 Å². The van der Waals surface area contributed by atoms with E-state index in [9.17, 15) is 4.79 Å². The van der Waals surface area contributed by atoms with Crippen LogP contribution < -0.4 is 34.3 Å². The summed E-state index contributed by atoms with van der Waals surface area (Å²) in [5.41, 5.74) is 5.74. The number of amides is 1. The lowest BCUT2D eigenvalue weighted by Gasteiger charge is -2.32. The molecule has 2 heterocycles. The van der Waals surface area contributed by atoms with Crippen LogP contribution in [0.3, 0.4) is 0 Å². The van der Waals surface area contributed by atoms with Gasteiger partial charge in [-0.25, -0.2) is 9.78 Å². The van der Waals surface area contributed by atoms with Crippen LogP contribution in [-0.2, 0) is 6.42 Å². The number of benzene rings is 3. The molecule has 0 radical (unpaired) electrons. The SMILES string of the molecule is CCCCc1cc(OC)c(OC(=O)Nc2ccnc(Nc3cc(OC)c(OC)c(OCCCN4CCN(C)CC4)c3)n2)c(-c2cccc(C)c2C)c1. The van der Waals surface area contributed by atoms with E-state index >= 15 is 0 Å². The van der Waals surface area contributed by atoms with Gasteiger partial charge in [0.25, 0.3) is 0 Å². The van der Waals surface area contributed by atoms with E-state index in [1.165, 1.54) is 0 Å². The Hall–Kier alpha value is -5.07. The number of carbonyl (C=O) groups excluding carboxylic acids is 1. The standard InChI is InChI=1S/C40H52N6O6/c1-8-9-13-29-23-32(31-14-10-12-27(2)28(31)3)37(33(24-29)48-5)52-40(47)44-36-15-16-41-39(43-36)42-30-25-34(49-6)38(50-7)35(26-30)51-22-11-17-46-20-18-45(4)19-21-46/h10,12,14-16,23-26H,8-9,11,13,17-22H2,1-7H3,(H2,41,42,43,44,47). The van der Waals surface area contributed by atoms with Crippen molar-refractivity contribution >= 4 is 23.5 Å². The van der Waals surface area contributed by atoms with Gasteiger partial charge in [-0.1, -0.05) is 31.5 Å². The Morgan fingerprint density at radius 2 is 1.62 bits per heavy atom. The number of likely N-dealkylation sites (N-methyl/N-ethyl adjacent to an activating group) is 1. The van der Waals surface area contributed by atoms with Crippen LogP contribution in [-0.4, -0.2) is 93.6 Å². The lowest BCUT2D eigenvalue weighted by atomic mass is 9.93. The van der Waals surface area contributed by atoms with Crippen molar-refractivity contribution < 1.29 is 28.5 Å². The summed E-state index contributed by atoms with van der Waals surface area (Å²) >= 11 is 0. The first-order chi connectivity index (χ1) is 25.2. The third-order valence-corrected chi connectivity index (χ3v) is 9.30. The molecule has 278 valence electrons. The summed E-state index contributed by atoms with van der Waals surface area (Å²) in [6.45, 7) is 12.1. The van der Waals surface area contributed by atoms with Crippen LogP contribution in [0.25, 0.3) is 11.1 Å². The molecule has 0 spiro atoms. The van der Waals surface area contributed by atoms with Gasteiger partial charge in [-0.3, -0.25) is 5.32 Å². The number of methoxy groups -OCH3 is 3. The summed E-state index contributed by atoms with van der Waals surface area (Å²) in [5, 5.41) is 5.95. The molecule has 3 aromatic carbocycles. The first kappa shape index (κ1) is 38.2. The van der Waals surface area contributed by atoms with Gasteiger partial charge in [-0.15, -0.1) is 0 Å². The summed E-state index contributed by atoms with van der Waals surface area (Å²) in [7, 11) is 6.89. The maximum absolute atomic E-state index is 13.4. The van der Waals surface area contributed by atoms with E-state index in [4.69, 9.17) is 23.7 Å². The van der Waals surface area contributed by atoms with Gasteiger partial charge in [0.15, 0.2) is 23.0 Å². The lowest BCUT2D eigenvalue weighted by Crippen LogP contribution is -2.44. The molecule has 52 heavy (non-hydrogen) atoms. The second-order valence-corrected chi connectivity index (χ2v) is 13.0. The summed E-state index contributed by atoms with van der Waals surface area (Å²) in [4.78, 5) is 27.1. The zero-order chi connectivity index (χ0) is 37.0. The van der Waals surface area contributed by atoms with Gasteiger partial charge in [0.1, 0.15) is 5.82 Å². The van der Waals surface area contributed by atoms with Gasteiger partial charge in [0.05, 0.1) is 27.9 Å². The Morgan fingerprint density at radius 3 is 2.35 bits per heavy atom. The Kier molecular flexibility index (Phi) is 13.5. The molecule has 1 fully saturated rings. The van der Waals surface area contributed by atoms with E-state index in [-0.39, 0.29) is 11.8 Å². The van der Waals surface area contributed by atoms with Crippen molar-refractivity contribution in [1.82, 2.24) is 19.8 Å². The predicted molar refractivity (Wildman–Crippen MR) is 205 cm³/mol. The third kappa shape index (κ3) is 9.83. The van der Waals surface area contributed by atoms with E-state index in [1.54, 1.807) is 39.7 Å². The van der Waals surface area contributed by atoms with E-state index in [0.29, 0.717) is 41.0 Å². The first-order valence-electron chi connectivity index (χ1n) is 17.9. The van der Waals surface area contributed by atoms with Crippen LogP contribution >= 0.6 is 0 Å². The van der Waals surface area contributed by atoms with E-state index < -0.39 is 6.09 Å². The van der Waals surface area contributed by atoms with E-state index in [1.807, 2.05) is 24.3 Å². The van der Waals surface area contributed by atoms with Crippen LogP contribution in [0.4, 0.5) is 22.2 Å². The number of hydrogen-bond donors (Lipinski definition) is 2. The molecule has 2 N–H and O–H groups in total. The minimum absolute atomic E-state index is 0.246. The van der Waals surface area contributed by atoms with Crippen LogP contribution in [0.2, 0.25) is 0 Å². The number of carbonyl (C=O) groups is 1. The van der Waals surface area contributed by atoms with Gasteiger partial charge in [-0.2, -0.15) is 4.98 Å². The van der Waals surface area contributed by atoms with Crippen molar-refractivity contribution in [3.05, 3.63) is 71.4 Å². The Labute approximate surface area is 307 Å². The number of nitrogens with zero attached hydrogens (tertiary/aromatic N) is 4. The highest BCUT2D eigenvalue weighted by molar-refractivity contribution is 5.88. The van der Waals surface area contributed by atoms with Gasteiger partial charge in [0, 0.05) is 62.3 Å². The highest BCUT2D eigenvalue weighted by atomic mass is 16.6.